The Morgan fingerprint density at radius 2 is 1.76 bits per heavy atom. The number of hydrogen-bond acceptors (Lipinski definition) is 3. The SMILES string of the molecule is C[N+]1=C(c2ccc(C(=O)O)cc2)CC2(CCN(Cc3c[nH]c4cccc(-c5ccc(F)cc5)c34)CC2)O1. The molecule has 37 heavy (non-hydrogen) atoms. The number of hydroxylamine groups is 1. The second-order valence-electron chi connectivity index (χ2n) is 10.1. The average Bonchev–Trinajstić information content (AvgIpc) is 3.46. The van der Waals surface area contributed by atoms with Gasteiger partial charge in [-0.2, -0.15) is 0 Å². The minimum Gasteiger partial charge on any atom is -0.478 e. The van der Waals surface area contributed by atoms with Gasteiger partial charge in [-0.05, 0) is 63.9 Å². The standard InChI is InChI=1S/C30H28FN3O3/c1-33-27(21-5-7-22(8-6-21)29(35)36)17-30(37-33)13-15-34(16-14-30)19-23-18-32-26-4-2-3-25(28(23)26)20-9-11-24(31)12-10-20/h2-12,18,32H,13-17,19H2,1H3/p+1. The zero-order valence-electron chi connectivity index (χ0n) is 20.7. The molecule has 3 aromatic carbocycles. The van der Waals surface area contributed by atoms with Gasteiger partial charge in [0.15, 0.2) is 12.6 Å². The molecule has 1 fully saturated rings. The van der Waals surface area contributed by atoms with Gasteiger partial charge in [0.05, 0.1) is 12.0 Å². The number of hydrogen-bond donors (Lipinski definition) is 2. The molecule has 0 saturated carbocycles. The Labute approximate surface area is 214 Å². The molecule has 7 heteroatoms. The minimum absolute atomic E-state index is 0.231. The molecule has 3 heterocycles. The van der Waals surface area contributed by atoms with Gasteiger partial charge in [0.25, 0.3) is 0 Å². The fourth-order valence-electron chi connectivity index (χ4n) is 5.76. The number of fused-ring (bicyclic) bond motifs is 1. The molecule has 1 aromatic heterocycles. The molecule has 2 aliphatic heterocycles. The lowest BCUT2D eigenvalue weighted by atomic mass is 9.85. The van der Waals surface area contributed by atoms with Crippen LogP contribution in [0.15, 0.2) is 72.9 Å². The fraction of sp³-hybridized carbons (Fsp3) is 0.267. The van der Waals surface area contributed by atoms with Crippen LogP contribution in [0.3, 0.4) is 0 Å². The normalized spacial score (nSPS) is 17.5. The molecular weight excluding hydrogens is 469 g/mol. The van der Waals surface area contributed by atoms with Gasteiger partial charge in [-0.3, -0.25) is 9.74 Å². The van der Waals surface area contributed by atoms with Crippen LogP contribution >= 0.6 is 0 Å². The van der Waals surface area contributed by atoms with E-state index in [1.807, 2.05) is 42.1 Å². The number of aromatic amines is 1. The predicted molar refractivity (Wildman–Crippen MR) is 140 cm³/mol. The van der Waals surface area contributed by atoms with Crippen LogP contribution in [0.1, 0.15) is 40.7 Å². The summed E-state index contributed by atoms with van der Waals surface area (Å²) in [7, 11) is 1.94. The van der Waals surface area contributed by atoms with E-state index in [0.29, 0.717) is 0 Å². The second kappa shape index (κ2) is 9.16. The molecule has 0 radical (unpaired) electrons. The van der Waals surface area contributed by atoms with E-state index < -0.39 is 5.97 Å². The van der Waals surface area contributed by atoms with Gasteiger partial charge < -0.3 is 10.1 Å². The summed E-state index contributed by atoms with van der Waals surface area (Å²) in [5.74, 6) is -1.15. The molecule has 4 aromatic rings. The highest BCUT2D eigenvalue weighted by molar-refractivity contribution is 5.99. The number of aromatic carboxylic acids is 1. The van der Waals surface area contributed by atoms with E-state index in [0.717, 1.165) is 66.8 Å². The van der Waals surface area contributed by atoms with Crippen LogP contribution in [-0.4, -0.2) is 57.1 Å². The van der Waals surface area contributed by atoms with E-state index >= 15 is 0 Å². The first-order valence-electron chi connectivity index (χ1n) is 12.6. The Hall–Kier alpha value is -3.97. The average molecular weight is 499 g/mol. The highest BCUT2D eigenvalue weighted by atomic mass is 19.1. The smallest absolute Gasteiger partial charge is 0.335 e. The summed E-state index contributed by atoms with van der Waals surface area (Å²) in [6, 6.07) is 19.9. The first kappa shape index (κ1) is 23.4. The van der Waals surface area contributed by atoms with Crippen LogP contribution in [0.5, 0.6) is 0 Å². The van der Waals surface area contributed by atoms with Crippen molar-refractivity contribution in [2.24, 2.45) is 0 Å². The Kier molecular flexibility index (Phi) is 5.80. The number of aromatic nitrogens is 1. The minimum atomic E-state index is -0.920. The second-order valence-corrected chi connectivity index (χ2v) is 10.1. The molecule has 0 amide bonds. The highest BCUT2D eigenvalue weighted by Crippen LogP contribution is 2.37. The summed E-state index contributed by atoms with van der Waals surface area (Å²) in [5.41, 5.74) is 6.58. The van der Waals surface area contributed by atoms with Crippen molar-refractivity contribution in [1.82, 2.24) is 9.88 Å². The number of likely N-dealkylation sites (tertiary alicyclic amines) is 1. The van der Waals surface area contributed by atoms with Crippen LogP contribution < -0.4 is 0 Å². The summed E-state index contributed by atoms with van der Waals surface area (Å²) in [4.78, 5) is 23.5. The lowest BCUT2D eigenvalue weighted by molar-refractivity contribution is -0.779. The number of piperidine rings is 1. The molecule has 0 unspecified atom stereocenters. The monoisotopic (exact) mass is 498 g/mol. The van der Waals surface area contributed by atoms with Crippen LogP contribution in [0.4, 0.5) is 4.39 Å². The molecule has 188 valence electrons. The number of nitrogens with zero attached hydrogens (tertiary/aromatic N) is 2. The summed E-state index contributed by atoms with van der Waals surface area (Å²) < 4.78 is 15.4. The van der Waals surface area contributed by atoms with Crippen molar-refractivity contribution < 1.29 is 23.9 Å². The molecule has 0 aliphatic carbocycles. The van der Waals surface area contributed by atoms with Crippen molar-refractivity contribution in [2.75, 3.05) is 20.1 Å². The van der Waals surface area contributed by atoms with E-state index in [-0.39, 0.29) is 17.0 Å². The topological polar surface area (TPSA) is 68.6 Å². The molecule has 6 rings (SSSR count). The zero-order valence-corrected chi connectivity index (χ0v) is 20.7. The molecule has 1 saturated heterocycles. The Morgan fingerprint density at radius 3 is 2.46 bits per heavy atom. The summed E-state index contributed by atoms with van der Waals surface area (Å²) in [6.07, 6.45) is 4.74. The number of benzene rings is 3. The van der Waals surface area contributed by atoms with Gasteiger partial charge >= 0.3 is 5.97 Å². The zero-order chi connectivity index (χ0) is 25.6. The van der Waals surface area contributed by atoms with E-state index in [4.69, 9.17) is 4.84 Å². The molecule has 1 spiro atoms. The molecule has 0 atom stereocenters. The summed E-state index contributed by atoms with van der Waals surface area (Å²) >= 11 is 0. The molecule has 2 aliphatic rings. The van der Waals surface area contributed by atoms with Crippen molar-refractivity contribution in [1.29, 1.82) is 0 Å². The number of carboxylic acid groups (broad SMARTS) is 1. The van der Waals surface area contributed by atoms with Gasteiger partial charge in [-0.25, -0.2) is 9.18 Å². The van der Waals surface area contributed by atoms with Gasteiger partial charge in [0, 0.05) is 55.1 Å². The first-order valence-corrected chi connectivity index (χ1v) is 12.6. The van der Waals surface area contributed by atoms with Crippen molar-refractivity contribution in [3.63, 3.8) is 0 Å². The largest absolute Gasteiger partial charge is 0.478 e. The number of halogens is 1. The van der Waals surface area contributed by atoms with Crippen molar-refractivity contribution in [3.05, 3.63) is 95.4 Å². The lowest BCUT2D eigenvalue weighted by Crippen LogP contribution is -2.44. The Morgan fingerprint density at radius 1 is 1.05 bits per heavy atom. The number of nitrogens with one attached hydrogen (secondary N) is 1. The lowest BCUT2D eigenvalue weighted by Gasteiger charge is -2.35. The quantitative estimate of drug-likeness (QED) is 0.358. The Bertz CT molecular complexity index is 1500. The summed E-state index contributed by atoms with van der Waals surface area (Å²) in [6.45, 7) is 2.67. The van der Waals surface area contributed by atoms with Crippen molar-refractivity contribution >= 4 is 22.6 Å². The van der Waals surface area contributed by atoms with Gasteiger partial charge in [-0.15, -0.1) is 0 Å². The maximum absolute atomic E-state index is 13.5. The molecule has 2 N–H and O–H groups in total. The maximum Gasteiger partial charge on any atom is 0.335 e. The van der Waals surface area contributed by atoms with E-state index in [1.54, 1.807) is 12.1 Å². The van der Waals surface area contributed by atoms with Crippen molar-refractivity contribution in [3.8, 4) is 11.1 Å². The first-order chi connectivity index (χ1) is 17.9. The van der Waals surface area contributed by atoms with E-state index in [1.165, 1.54) is 23.1 Å². The van der Waals surface area contributed by atoms with Crippen LogP contribution in [0, 0.1) is 5.82 Å². The third-order valence-corrected chi connectivity index (χ3v) is 7.77. The number of H-pyrrole nitrogens is 1. The molecule has 6 nitrogen and oxygen atoms in total. The number of rotatable bonds is 5. The third-order valence-electron chi connectivity index (χ3n) is 7.77. The van der Waals surface area contributed by atoms with Crippen LogP contribution in [-0.2, 0) is 11.4 Å². The van der Waals surface area contributed by atoms with Gasteiger partial charge in [0.2, 0.25) is 5.71 Å². The van der Waals surface area contributed by atoms with E-state index in [2.05, 4.69) is 28.2 Å². The highest BCUT2D eigenvalue weighted by Gasteiger charge is 2.49. The Balaban J connectivity index is 1.16. The number of carboxylic acids is 1. The van der Waals surface area contributed by atoms with Gasteiger partial charge in [-0.1, -0.05) is 24.3 Å². The van der Waals surface area contributed by atoms with Crippen molar-refractivity contribution in [2.45, 2.75) is 31.4 Å². The molecule has 0 bridgehead atoms. The van der Waals surface area contributed by atoms with E-state index in [9.17, 15) is 14.3 Å². The van der Waals surface area contributed by atoms with Crippen LogP contribution in [0.2, 0.25) is 0 Å². The fourth-order valence-corrected chi connectivity index (χ4v) is 5.76. The van der Waals surface area contributed by atoms with Gasteiger partial charge in [0.1, 0.15) is 5.82 Å². The number of carbonyl (C=O) groups is 1. The third kappa shape index (κ3) is 4.40. The van der Waals surface area contributed by atoms with Crippen LogP contribution in [0.25, 0.3) is 22.0 Å². The maximum atomic E-state index is 13.5. The predicted octanol–water partition coefficient (Wildman–Crippen LogP) is 5.47. The summed E-state index contributed by atoms with van der Waals surface area (Å²) in [5, 5.41) is 10.4. The molecular formula is C30H29FN3O3+.